The van der Waals surface area contributed by atoms with Crippen molar-refractivity contribution in [3.63, 3.8) is 0 Å². The summed E-state index contributed by atoms with van der Waals surface area (Å²) in [5, 5.41) is 11.7. The van der Waals surface area contributed by atoms with Crippen LogP contribution in [0.3, 0.4) is 0 Å². The molecule has 1 saturated heterocycles. The zero-order valence-electron chi connectivity index (χ0n) is 15.7. The highest BCUT2D eigenvalue weighted by Gasteiger charge is 2.31. The number of piperidine rings is 1. The Hall–Kier alpha value is -3.43. The average Bonchev–Trinajstić information content (AvgIpc) is 2.67. The third-order valence-electron chi connectivity index (χ3n) is 4.43. The van der Waals surface area contributed by atoms with Crippen LogP contribution in [0.2, 0.25) is 0 Å². The van der Waals surface area contributed by atoms with Gasteiger partial charge in [0.25, 0.3) is 0 Å². The lowest BCUT2D eigenvalue weighted by Crippen LogP contribution is -2.43. The van der Waals surface area contributed by atoms with Crippen molar-refractivity contribution in [2.75, 3.05) is 18.4 Å². The minimum absolute atomic E-state index is 0.0663. The van der Waals surface area contributed by atoms with Gasteiger partial charge in [0.2, 0.25) is 0 Å². The minimum Gasteiger partial charge on any atom is -0.490 e. The predicted molar refractivity (Wildman–Crippen MR) is 101 cm³/mol. The molecule has 0 aliphatic carbocycles. The molecule has 0 unspecified atom stereocenters. The number of urea groups is 1. The number of hydrogen-bond acceptors (Lipinski definition) is 4. The molecule has 10 heteroatoms. The number of amides is 2. The van der Waals surface area contributed by atoms with Gasteiger partial charge in [0.05, 0.1) is 5.56 Å². The number of nitrogens with zero attached hydrogens (tertiary/aromatic N) is 1. The second kappa shape index (κ2) is 8.93. The van der Waals surface area contributed by atoms with Crippen LogP contribution in [0.15, 0.2) is 48.5 Å². The first-order valence-electron chi connectivity index (χ1n) is 9.11. The maximum Gasteiger partial charge on any atom is 0.573 e. The molecular weight excluding hydrogens is 405 g/mol. The summed E-state index contributed by atoms with van der Waals surface area (Å²) in [5.41, 5.74) is 0.441. The molecule has 2 aromatic rings. The molecule has 0 aromatic heterocycles. The summed E-state index contributed by atoms with van der Waals surface area (Å²) in [6, 6.07) is 10.9. The number of nitrogens with one attached hydrogen (secondary N) is 1. The van der Waals surface area contributed by atoms with Gasteiger partial charge in [-0.1, -0.05) is 12.1 Å². The fourth-order valence-electron chi connectivity index (χ4n) is 3.05. The summed E-state index contributed by atoms with van der Waals surface area (Å²) >= 11 is 0. The van der Waals surface area contributed by atoms with E-state index in [4.69, 9.17) is 9.84 Å². The standard InChI is InChI=1S/C20H19F3N2O5/c21-20(22,23)30-17-6-2-5-16(12-17)29-15-7-9-25(10-8-15)19(28)24-14-4-1-3-13(11-14)18(26)27/h1-6,11-12,15H,7-10H2,(H,24,28)(H,26,27). The van der Waals surface area contributed by atoms with E-state index >= 15 is 0 Å². The third-order valence-corrected chi connectivity index (χ3v) is 4.43. The number of alkyl halides is 3. The van der Waals surface area contributed by atoms with Crippen molar-refractivity contribution in [2.24, 2.45) is 0 Å². The van der Waals surface area contributed by atoms with Gasteiger partial charge in [0.1, 0.15) is 17.6 Å². The van der Waals surface area contributed by atoms with Gasteiger partial charge in [-0.3, -0.25) is 0 Å². The summed E-state index contributed by atoms with van der Waals surface area (Å²) in [5.74, 6) is -1.20. The number of anilines is 1. The van der Waals surface area contributed by atoms with Gasteiger partial charge in [0, 0.05) is 37.7 Å². The average molecular weight is 424 g/mol. The maximum atomic E-state index is 12.4. The van der Waals surface area contributed by atoms with E-state index in [9.17, 15) is 22.8 Å². The van der Waals surface area contributed by atoms with Crippen LogP contribution in [0.4, 0.5) is 23.7 Å². The molecule has 3 rings (SSSR count). The number of aromatic carboxylic acids is 1. The van der Waals surface area contributed by atoms with Crippen LogP contribution in [0.5, 0.6) is 11.5 Å². The van der Waals surface area contributed by atoms with E-state index in [0.717, 1.165) is 0 Å². The van der Waals surface area contributed by atoms with E-state index in [2.05, 4.69) is 10.1 Å². The van der Waals surface area contributed by atoms with Crippen LogP contribution < -0.4 is 14.8 Å². The van der Waals surface area contributed by atoms with E-state index in [1.165, 1.54) is 42.5 Å². The summed E-state index contributed by atoms with van der Waals surface area (Å²) < 4.78 is 46.6. The summed E-state index contributed by atoms with van der Waals surface area (Å²) in [6.45, 7) is 0.766. The first-order valence-corrected chi connectivity index (χ1v) is 9.11. The lowest BCUT2D eigenvalue weighted by atomic mass is 10.1. The summed E-state index contributed by atoms with van der Waals surface area (Å²) in [7, 11) is 0. The molecule has 0 saturated carbocycles. The van der Waals surface area contributed by atoms with Crippen LogP contribution in [-0.4, -0.2) is 47.6 Å². The topological polar surface area (TPSA) is 88.1 Å². The third kappa shape index (κ3) is 6.03. The van der Waals surface area contributed by atoms with E-state index in [0.29, 0.717) is 31.6 Å². The van der Waals surface area contributed by atoms with Gasteiger partial charge in [-0.25, -0.2) is 9.59 Å². The molecular formula is C20H19F3N2O5. The van der Waals surface area contributed by atoms with Crippen molar-refractivity contribution in [3.8, 4) is 11.5 Å². The van der Waals surface area contributed by atoms with Crippen LogP contribution in [0.25, 0.3) is 0 Å². The van der Waals surface area contributed by atoms with E-state index in [-0.39, 0.29) is 29.2 Å². The van der Waals surface area contributed by atoms with Gasteiger partial charge in [-0.05, 0) is 30.3 Å². The Morgan fingerprint density at radius 3 is 2.37 bits per heavy atom. The number of rotatable bonds is 5. The molecule has 7 nitrogen and oxygen atoms in total. The van der Waals surface area contributed by atoms with Gasteiger partial charge in [-0.15, -0.1) is 13.2 Å². The molecule has 0 spiro atoms. The molecule has 0 radical (unpaired) electrons. The SMILES string of the molecule is O=C(O)c1cccc(NC(=O)N2CCC(Oc3cccc(OC(F)(F)F)c3)CC2)c1. The van der Waals surface area contributed by atoms with Gasteiger partial charge in [0.15, 0.2) is 0 Å². The molecule has 2 N–H and O–H groups in total. The highest BCUT2D eigenvalue weighted by Crippen LogP contribution is 2.28. The normalized spacial score (nSPS) is 14.8. The lowest BCUT2D eigenvalue weighted by Gasteiger charge is -2.32. The monoisotopic (exact) mass is 424 g/mol. The quantitative estimate of drug-likeness (QED) is 0.745. The number of ether oxygens (including phenoxy) is 2. The Bertz CT molecular complexity index is 911. The van der Waals surface area contributed by atoms with Crippen LogP contribution in [-0.2, 0) is 0 Å². The smallest absolute Gasteiger partial charge is 0.490 e. The van der Waals surface area contributed by atoms with Gasteiger partial charge < -0.3 is 24.8 Å². The number of halogens is 3. The van der Waals surface area contributed by atoms with Crippen LogP contribution in [0, 0.1) is 0 Å². The Kier molecular flexibility index (Phi) is 6.34. The molecule has 0 bridgehead atoms. The van der Waals surface area contributed by atoms with E-state index in [1.807, 2.05) is 0 Å². The maximum absolute atomic E-state index is 12.4. The fraction of sp³-hybridized carbons (Fsp3) is 0.300. The predicted octanol–water partition coefficient (Wildman–Crippen LogP) is 4.36. The van der Waals surface area contributed by atoms with Crippen LogP contribution >= 0.6 is 0 Å². The van der Waals surface area contributed by atoms with Crippen LogP contribution in [0.1, 0.15) is 23.2 Å². The Balaban J connectivity index is 1.51. The first-order chi connectivity index (χ1) is 14.2. The van der Waals surface area contributed by atoms with Crippen molar-refractivity contribution >= 4 is 17.7 Å². The second-order valence-corrected chi connectivity index (χ2v) is 6.64. The highest BCUT2D eigenvalue weighted by atomic mass is 19.4. The number of carboxylic acid groups (broad SMARTS) is 1. The Morgan fingerprint density at radius 1 is 1.03 bits per heavy atom. The molecule has 160 valence electrons. The molecule has 1 heterocycles. The Labute approximate surface area is 170 Å². The number of benzene rings is 2. The largest absolute Gasteiger partial charge is 0.573 e. The van der Waals surface area contributed by atoms with Crippen molar-refractivity contribution in [3.05, 3.63) is 54.1 Å². The number of likely N-dealkylation sites (tertiary alicyclic amines) is 1. The zero-order chi connectivity index (χ0) is 21.7. The minimum atomic E-state index is -4.78. The van der Waals surface area contributed by atoms with Gasteiger partial charge in [-0.2, -0.15) is 0 Å². The second-order valence-electron chi connectivity index (χ2n) is 6.64. The van der Waals surface area contributed by atoms with Crippen molar-refractivity contribution < 1.29 is 37.3 Å². The summed E-state index contributed by atoms with van der Waals surface area (Å²) in [6.07, 6.45) is -4.05. The summed E-state index contributed by atoms with van der Waals surface area (Å²) in [4.78, 5) is 25.0. The van der Waals surface area contributed by atoms with Crippen molar-refractivity contribution in [1.29, 1.82) is 0 Å². The molecule has 30 heavy (non-hydrogen) atoms. The van der Waals surface area contributed by atoms with Crippen molar-refractivity contribution in [2.45, 2.75) is 25.3 Å². The molecule has 1 aliphatic heterocycles. The fourth-order valence-corrected chi connectivity index (χ4v) is 3.05. The van der Waals surface area contributed by atoms with Crippen molar-refractivity contribution in [1.82, 2.24) is 4.90 Å². The number of carboxylic acids is 1. The molecule has 1 fully saturated rings. The molecule has 1 aliphatic rings. The van der Waals surface area contributed by atoms with E-state index in [1.54, 1.807) is 11.0 Å². The lowest BCUT2D eigenvalue weighted by molar-refractivity contribution is -0.274. The zero-order valence-corrected chi connectivity index (χ0v) is 15.7. The van der Waals surface area contributed by atoms with Gasteiger partial charge >= 0.3 is 18.4 Å². The molecule has 2 amide bonds. The van der Waals surface area contributed by atoms with E-state index < -0.39 is 12.3 Å². The molecule has 2 aromatic carbocycles. The number of hydrogen-bond donors (Lipinski definition) is 2. The molecule has 0 atom stereocenters. The number of carbonyl (C=O) groups is 2. The first kappa shape index (κ1) is 21.3. The number of carbonyl (C=O) groups excluding carboxylic acids is 1. The highest BCUT2D eigenvalue weighted by molar-refractivity contribution is 5.93. The Morgan fingerprint density at radius 2 is 1.70 bits per heavy atom.